The molecule has 0 atom stereocenters. The maximum absolute atomic E-state index is 13.4. The lowest BCUT2D eigenvalue weighted by molar-refractivity contribution is 0.0526. The Kier molecular flexibility index (Phi) is 5.79. The molecule has 0 saturated heterocycles. The Hall–Kier alpha value is -4.07. The molecule has 0 fully saturated rings. The van der Waals surface area contributed by atoms with Gasteiger partial charge in [0, 0.05) is 35.9 Å². The van der Waals surface area contributed by atoms with Gasteiger partial charge in [0.15, 0.2) is 11.6 Å². The zero-order valence-corrected chi connectivity index (χ0v) is 18.9. The van der Waals surface area contributed by atoms with Crippen LogP contribution in [0.1, 0.15) is 34.1 Å². The molecule has 4 aromatic rings. The van der Waals surface area contributed by atoms with Crippen molar-refractivity contribution in [2.24, 2.45) is 0 Å². The third-order valence-electron chi connectivity index (χ3n) is 5.78. The fraction of sp³-hybridized carbons (Fsp3) is 0.231. The van der Waals surface area contributed by atoms with E-state index in [4.69, 9.17) is 14.2 Å². The van der Waals surface area contributed by atoms with Crippen LogP contribution >= 0.6 is 0 Å². The first kappa shape index (κ1) is 21.8. The highest BCUT2D eigenvalue weighted by molar-refractivity contribution is 5.95. The summed E-state index contributed by atoms with van der Waals surface area (Å²) in [7, 11) is 0. The summed E-state index contributed by atoms with van der Waals surface area (Å²) in [5.41, 5.74) is 4.75. The van der Waals surface area contributed by atoms with Crippen LogP contribution < -0.4 is 4.90 Å². The predicted octanol–water partition coefficient (Wildman–Crippen LogP) is 4.99. The Bertz CT molecular complexity index is 1350. The number of carbonyl (C=O) groups is 1. The van der Waals surface area contributed by atoms with Crippen LogP contribution in [0, 0.1) is 12.7 Å². The van der Waals surface area contributed by atoms with E-state index in [1.807, 2.05) is 36.1 Å². The second-order valence-electron chi connectivity index (χ2n) is 8.14. The number of benzene rings is 2. The molecular formula is C26H23FN4O3. The number of aromatic nitrogens is 3. The van der Waals surface area contributed by atoms with E-state index < -0.39 is 5.97 Å². The second kappa shape index (κ2) is 9.05. The number of anilines is 1. The molecule has 0 bridgehead atoms. The molecule has 5 rings (SSSR count). The number of carbonyl (C=O) groups excluding carboxylic acids is 1. The first-order valence-electron chi connectivity index (χ1n) is 11.1. The number of hydrogen-bond donors (Lipinski definition) is 0. The van der Waals surface area contributed by atoms with E-state index in [1.54, 1.807) is 19.1 Å². The van der Waals surface area contributed by atoms with Crippen LogP contribution in [0.3, 0.4) is 0 Å². The van der Waals surface area contributed by atoms with Gasteiger partial charge < -0.3 is 14.2 Å². The molecule has 0 unspecified atom stereocenters. The van der Waals surface area contributed by atoms with Crippen LogP contribution in [0.15, 0.2) is 59.3 Å². The molecule has 0 amide bonds. The van der Waals surface area contributed by atoms with E-state index in [-0.39, 0.29) is 12.4 Å². The maximum atomic E-state index is 13.4. The topological polar surface area (TPSA) is 81.4 Å². The summed E-state index contributed by atoms with van der Waals surface area (Å²) < 4.78 is 24.3. The Balaban J connectivity index is 1.55. The highest BCUT2D eigenvalue weighted by Crippen LogP contribution is 2.34. The standard InChI is InChI=1S/C26H23FN4O3/c1-3-33-26(32)20-14-28-24(18-6-4-5-16(2)13-18)29-25(20)31-12-11-22-21(15-31)23(34-30-22)17-7-9-19(27)10-8-17/h4-10,13-14H,3,11-12,15H2,1-2H3. The molecule has 0 radical (unpaired) electrons. The molecule has 2 aromatic carbocycles. The smallest absolute Gasteiger partial charge is 0.343 e. The van der Waals surface area contributed by atoms with Crippen molar-refractivity contribution in [2.45, 2.75) is 26.8 Å². The van der Waals surface area contributed by atoms with Gasteiger partial charge in [0.05, 0.1) is 18.8 Å². The minimum atomic E-state index is -0.469. The number of esters is 1. The minimum absolute atomic E-state index is 0.252. The molecule has 1 aliphatic heterocycles. The number of halogens is 1. The Morgan fingerprint density at radius 2 is 2.00 bits per heavy atom. The highest BCUT2D eigenvalue weighted by Gasteiger charge is 2.29. The van der Waals surface area contributed by atoms with Crippen molar-refractivity contribution < 1.29 is 18.4 Å². The van der Waals surface area contributed by atoms with E-state index in [0.29, 0.717) is 42.5 Å². The van der Waals surface area contributed by atoms with Gasteiger partial charge in [-0.25, -0.2) is 19.2 Å². The monoisotopic (exact) mass is 458 g/mol. The van der Waals surface area contributed by atoms with Crippen LogP contribution in [0.2, 0.25) is 0 Å². The van der Waals surface area contributed by atoms with Gasteiger partial charge in [-0.1, -0.05) is 28.9 Å². The minimum Gasteiger partial charge on any atom is -0.462 e. The lowest BCUT2D eigenvalue weighted by atomic mass is 10.0. The average Bonchev–Trinajstić information content (AvgIpc) is 3.27. The third-order valence-corrected chi connectivity index (χ3v) is 5.78. The Morgan fingerprint density at radius 3 is 2.76 bits per heavy atom. The summed E-state index contributed by atoms with van der Waals surface area (Å²) in [6, 6.07) is 14.0. The molecular weight excluding hydrogens is 435 g/mol. The fourth-order valence-electron chi connectivity index (χ4n) is 4.11. The normalized spacial score (nSPS) is 13.0. The van der Waals surface area contributed by atoms with E-state index >= 15 is 0 Å². The molecule has 3 heterocycles. The van der Waals surface area contributed by atoms with Crippen LogP contribution in [-0.4, -0.2) is 34.2 Å². The first-order valence-corrected chi connectivity index (χ1v) is 11.1. The summed E-state index contributed by atoms with van der Waals surface area (Å²) in [4.78, 5) is 24.0. The predicted molar refractivity (Wildman–Crippen MR) is 125 cm³/mol. The van der Waals surface area contributed by atoms with Crippen molar-refractivity contribution >= 4 is 11.8 Å². The molecule has 8 heteroatoms. The molecule has 2 aromatic heterocycles. The van der Waals surface area contributed by atoms with Gasteiger partial charge in [-0.3, -0.25) is 0 Å². The largest absolute Gasteiger partial charge is 0.462 e. The molecule has 1 aliphatic rings. The number of nitrogens with zero attached hydrogens (tertiary/aromatic N) is 4. The molecule has 0 spiro atoms. The van der Waals surface area contributed by atoms with Crippen molar-refractivity contribution in [3.05, 3.63) is 82.9 Å². The van der Waals surface area contributed by atoms with Gasteiger partial charge in [-0.05, 0) is 44.2 Å². The second-order valence-corrected chi connectivity index (χ2v) is 8.14. The Labute approximate surface area is 196 Å². The van der Waals surface area contributed by atoms with Gasteiger partial charge in [0.1, 0.15) is 17.2 Å². The number of aryl methyl sites for hydroxylation is 1. The average molecular weight is 458 g/mol. The number of hydrogen-bond acceptors (Lipinski definition) is 7. The summed E-state index contributed by atoms with van der Waals surface area (Å²) in [5, 5.41) is 4.23. The number of ether oxygens (including phenoxy) is 1. The molecule has 7 nitrogen and oxygen atoms in total. The van der Waals surface area contributed by atoms with E-state index in [0.717, 1.165) is 27.9 Å². The molecule has 172 valence electrons. The first-order chi connectivity index (χ1) is 16.5. The number of rotatable bonds is 5. The summed E-state index contributed by atoms with van der Waals surface area (Å²) in [5.74, 6) is 0.833. The lowest BCUT2D eigenvalue weighted by Crippen LogP contribution is -2.32. The van der Waals surface area contributed by atoms with E-state index in [9.17, 15) is 9.18 Å². The van der Waals surface area contributed by atoms with Gasteiger partial charge in [-0.15, -0.1) is 0 Å². The molecule has 34 heavy (non-hydrogen) atoms. The van der Waals surface area contributed by atoms with Crippen molar-refractivity contribution in [1.82, 2.24) is 15.1 Å². The van der Waals surface area contributed by atoms with Crippen molar-refractivity contribution in [3.63, 3.8) is 0 Å². The summed E-state index contributed by atoms with van der Waals surface area (Å²) >= 11 is 0. The third kappa shape index (κ3) is 4.14. The van der Waals surface area contributed by atoms with Crippen molar-refractivity contribution in [1.29, 1.82) is 0 Å². The Morgan fingerprint density at radius 1 is 1.18 bits per heavy atom. The number of fused-ring (bicyclic) bond motifs is 1. The molecule has 0 N–H and O–H groups in total. The highest BCUT2D eigenvalue weighted by atomic mass is 19.1. The lowest BCUT2D eigenvalue weighted by Gasteiger charge is -2.29. The SMILES string of the molecule is CCOC(=O)c1cnc(-c2cccc(C)c2)nc1N1CCc2noc(-c3ccc(F)cc3)c2C1. The van der Waals surface area contributed by atoms with Gasteiger partial charge >= 0.3 is 5.97 Å². The van der Waals surface area contributed by atoms with Crippen LogP contribution in [0.4, 0.5) is 10.2 Å². The van der Waals surface area contributed by atoms with Gasteiger partial charge in [-0.2, -0.15) is 0 Å². The van der Waals surface area contributed by atoms with Crippen molar-refractivity contribution in [3.8, 4) is 22.7 Å². The molecule has 0 aliphatic carbocycles. The van der Waals surface area contributed by atoms with Gasteiger partial charge in [0.2, 0.25) is 0 Å². The zero-order valence-electron chi connectivity index (χ0n) is 18.9. The zero-order chi connectivity index (χ0) is 23.7. The van der Waals surface area contributed by atoms with Crippen molar-refractivity contribution in [2.75, 3.05) is 18.1 Å². The van der Waals surface area contributed by atoms with E-state index in [1.165, 1.54) is 18.3 Å². The summed E-state index contributed by atoms with van der Waals surface area (Å²) in [6.45, 7) is 5.05. The maximum Gasteiger partial charge on any atom is 0.343 e. The van der Waals surface area contributed by atoms with Crippen LogP contribution in [0.5, 0.6) is 0 Å². The quantitative estimate of drug-likeness (QED) is 0.390. The fourth-order valence-corrected chi connectivity index (χ4v) is 4.11. The van der Waals surface area contributed by atoms with Gasteiger partial charge in [0.25, 0.3) is 0 Å². The summed E-state index contributed by atoms with van der Waals surface area (Å²) in [6.07, 6.45) is 2.15. The van der Waals surface area contributed by atoms with Crippen LogP contribution in [-0.2, 0) is 17.7 Å². The van der Waals surface area contributed by atoms with E-state index in [2.05, 4.69) is 10.1 Å². The molecule has 0 saturated carbocycles. The van der Waals surface area contributed by atoms with Crippen LogP contribution in [0.25, 0.3) is 22.7 Å².